The summed E-state index contributed by atoms with van der Waals surface area (Å²) in [4.78, 5) is 37.1. The average Bonchev–Trinajstić information content (AvgIpc) is 3.01. The van der Waals surface area contributed by atoms with Gasteiger partial charge >= 0.3 is 11.7 Å². The first kappa shape index (κ1) is 22.9. The third-order valence-corrected chi connectivity index (χ3v) is 5.11. The SMILES string of the molecule is Cc1nc(S(=O)(=O)NCCC(=O)OCC(=O)Nc2ccc(F)c([N+](=O)[O-])c2)cn1C. The van der Waals surface area contributed by atoms with E-state index in [9.17, 15) is 32.5 Å². The van der Waals surface area contributed by atoms with Crippen molar-refractivity contribution in [1.29, 1.82) is 0 Å². The van der Waals surface area contributed by atoms with Crippen LogP contribution < -0.4 is 10.0 Å². The summed E-state index contributed by atoms with van der Waals surface area (Å²) >= 11 is 0. The summed E-state index contributed by atoms with van der Waals surface area (Å²) in [7, 11) is -2.27. The van der Waals surface area contributed by atoms with Crippen molar-refractivity contribution in [3.8, 4) is 0 Å². The van der Waals surface area contributed by atoms with Crippen molar-refractivity contribution in [3.05, 3.63) is 46.2 Å². The lowest BCUT2D eigenvalue weighted by molar-refractivity contribution is -0.387. The zero-order chi connectivity index (χ0) is 22.5. The Kier molecular flexibility index (Phi) is 7.18. The summed E-state index contributed by atoms with van der Waals surface area (Å²) in [5, 5.41) is 12.7. The van der Waals surface area contributed by atoms with Crippen LogP contribution in [0, 0.1) is 22.9 Å². The van der Waals surface area contributed by atoms with Gasteiger partial charge in [0.05, 0.1) is 11.3 Å². The van der Waals surface area contributed by atoms with Gasteiger partial charge in [0.15, 0.2) is 11.6 Å². The Morgan fingerprint density at radius 1 is 1.37 bits per heavy atom. The summed E-state index contributed by atoms with van der Waals surface area (Å²) in [5.74, 6) is -2.23. The van der Waals surface area contributed by atoms with E-state index in [2.05, 4.69) is 15.0 Å². The molecule has 0 aliphatic heterocycles. The van der Waals surface area contributed by atoms with E-state index < -0.39 is 44.9 Å². The molecule has 0 fully saturated rings. The molecule has 1 amide bonds. The Balaban J connectivity index is 1.78. The summed E-state index contributed by atoms with van der Waals surface area (Å²) in [6.07, 6.45) is 0.973. The monoisotopic (exact) mass is 443 g/mol. The number of amides is 1. The third-order valence-electron chi connectivity index (χ3n) is 3.77. The number of esters is 1. The number of ether oxygens (including phenoxy) is 1. The van der Waals surface area contributed by atoms with E-state index in [1.165, 1.54) is 10.8 Å². The van der Waals surface area contributed by atoms with Gasteiger partial charge in [-0.25, -0.2) is 18.1 Å². The largest absolute Gasteiger partial charge is 0.456 e. The molecule has 1 aromatic heterocycles. The number of nitro groups is 1. The van der Waals surface area contributed by atoms with Crippen molar-refractivity contribution < 1.29 is 32.1 Å². The quantitative estimate of drug-likeness (QED) is 0.324. The average molecular weight is 443 g/mol. The van der Waals surface area contributed by atoms with Crippen LogP contribution in [0.2, 0.25) is 0 Å². The Bertz CT molecular complexity index is 1060. The fourth-order valence-corrected chi connectivity index (χ4v) is 3.23. The summed E-state index contributed by atoms with van der Waals surface area (Å²) in [6.45, 7) is 0.643. The number of aromatic nitrogens is 2. The van der Waals surface area contributed by atoms with Gasteiger partial charge in [0.25, 0.3) is 15.9 Å². The van der Waals surface area contributed by atoms with Gasteiger partial charge < -0.3 is 14.6 Å². The van der Waals surface area contributed by atoms with E-state index in [0.717, 1.165) is 18.2 Å². The first-order chi connectivity index (χ1) is 14.0. The Morgan fingerprint density at radius 2 is 2.07 bits per heavy atom. The summed E-state index contributed by atoms with van der Waals surface area (Å²) in [6, 6.07) is 2.74. The molecule has 162 valence electrons. The fourth-order valence-electron chi connectivity index (χ4n) is 2.16. The molecule has 2 aromatic rings. The number of nitrogens with one attached hydrogen (secondary N) is 2. The minimum absolute atomic E-state index is 0.0532. The maximum absolute atomic E-state index is 13.3. The number of benzene rings is 1. The number of rotatable bonds is 9. The van der Waals surface area contributed by atoms with E-state index in [0.29, 0.717) is 5.82 Å². The Hall–Kier alpha value is -3.39. The van der Waals surface area contributed by atoms with Crippen molar-refractivity contribution >= 4 is 33.3 Å². The van der Waals surface area contributed by atoms with E-state index in [1.54, 1.807) is 14.0 Å². The van der Waals surface area contributed by atoms with Crippen LogP contribution in [-0.4, -0.2) is 47.9 Å². The summed E-state index contributed by atoms with van der Waals surface area (Å²) in [5.41, 5.74) is -0.872. The lowest BCUT2D eigenvalue weighted by atomic mass is 10.2. The van der Waals surface area contributed by atoms with Gasteiger partial charge in [-0.1, -0.05) is 0 Å². The second-order valence-electron chi connectivity index (χ2n) is 6.02. The lowest BCUT2D eigenvalue weighted by Gasteiger charge is -2.07. The van der Waals surface area contributed by atoms with Crippen LogP contribution >= 0.6 is 0 Å². The maximum Gasteiger partial charge on any atom is 0.307 e. The van der Waals surface area contributed by atoms with Crippen molar-refractivity contribution in [2.45, 2.75) is 18.4 Å². The van der Waals surface area contributed by atoms with Gasteiger partial charge in [-0.15, -0.1) is 0 Å². The number of nitrogens with zero attached hydrogens (tertiary/aromatic N) is 3. The molecule has 30 heavy (non-hydrogen) atoms. The zero-order valence-corrected chi connectivity index (χ0v) is 16.7. The number of imidazole rings is 1. The molecule has 0 unspecified atom stereocenters. The molecule has 0 spiro atoms. The lowest BCUT2D eigenvalue weighted by Crippen LogP contribution is -2.28. The van der Waals surface area contributed by atoms with Crippen LogP contribution in [0.4, 0.5) is 15.8 Å². The number of halogens is 1. The highest BCUT2D eigenvalue weighted by Crippen LogP contribution is 2.21. The number of hydrogen-bond donors (Lipinski definition) is 2. The molecule has 1 heterocycles. The van der Waals surface area contributed by atoms with Gasteiger partial charge in [-0.2, -0.15) is 4.39 Å². The number of carbonyl (C=O) groups excluding carboxylic acids is 2. The topological polar surface area (TPSA) is 163 Å². The minimum Gasteiger partial charge on any atom is -0.456 e. The second-order valence-corrected chi connectivity index (χ2v) is 7.73. The molecule has 0 aliphatic rings. The van der Waals surface area contributed by atoms with Crippen molar-refractivity contribution in [2.24, 2.45) is 7.05 Å². The first-order valence-corrected chi connectivity index (χ1v) is 9.87. The van der Waals surface area contributed by atoms with E-state index in [4.69, 9.17) is 4.74 Å². The third kappa shape index (κ3) is 6.05. The molecule has 2 N–H and O–H groups in total. The summed E-state index contributed by atoms with van der Waals surface area (Å²) < 4.78 is 45.8. The number of sulfonamides is 1. The van der Waals surface area contributed by atoms with Gasteiger partial charge in [0, 0.05) is 31.5 Å². The van der Waals surface area contributed by atoms with Crippen LogP contribution in [0.15, 0.2) is 29.4 Å². The number of hydrogen-bond acceptors (Lipinski definition) is 8. The van der Waals surface area contributed by atoms with Gasteiger partial charge in [-0.3, -0.25) is 19.7 Å². The Labute approximate surface area is 170 Å². The van der Waals surface area contributed by atoms with Crippen molar-refractivity contribution in [2.75, 3.05) is 18.5 Å². The predicted molar refractivity (Wildman–Crippen MR) is 100 cm³/mol. The molecule has 1 aromatic carbocycles. The highest BCUT2D eigenvalue weighted by atomic mass is 32.2. The highest BCUT2D eigenvalue weighted by Gasteiger charge is 2.19. The molecule has 0 saturated carbocycles. The number of anilines is 1. The molecular formula is C16H18FN5O7S. The second kappa shape index (κ2) is 9.41. The van der Waals surface area contributed by atoms with Crippen molar-refractivity contribution in [1.82, 2.24) is 14.3 Å². The number of aryl methyl sites for hydroxylation is 2. The van der Waals surface area contributed by atoms with E-state index in [1.807, 2.05) is 0 Å². The van der Waals surface area contributed by atoms with Gasteiger partial charge in [-0.05, 0) is 19.1 Å². The van der Waals surface area contributed by atoms with Crippen LogP contribution in [0.5, 0.6) is 0 Å². The van der Waals surface area contributed by atoms with Crippen LogP contribution in [-0.2, 0) is 31.4 Å². The minimum atomic E-state index is -3.90. The number of carbonyl (C=O) groups is 2. The van der Waals surface area contributed by atoms with Gasteiger partial charge in [0.2, 0.25) is 5.82 Å². The Morgan fingerprint density at radius 3 is 2.67 bits per heavy atom. The molecular weight excluding hydrogens is 425 g/mol. The molecule has 14 heteroatoms. The molecule has 0 aliphatic carbocycles. The molecule has 12 nitrogen and oxygen atoms in total. The first-order valence-electron chi connectivity index (χ1n) is 8.38. The smallest absolute Gasteiger partial charge is 0.307 e. The van der Waals surface area contributed by atoms with E-state index in [-0.39, 0.29) is 23.7 Å². The molecule has 0 bridgehead atoms. The van der Waals surface area contributed by atoms with Crippen LogP contribution in [0.25, 0.3) is 0 Å². The predicted octanol–water partition coefficient (Wildman–Crippen LogP) is 0.626. The molecule has 0 atom stereocenters. The fraction of sp³-hybridized carbons (Fsp3) is 0.312. The standard InChI is InChI=1S/C16H18FN5O7S/c1-10-19-15(8-21(10)2)30(27,28)18-6-5-16(24)29-9-14(23)20-11-3-4-12(17)13(7-11)22(25)26/h3-4,7-8,18H,5-6,9H2,1-2H3,(H,20,23). The molecule has 2 rings (SSSR count). The number of nitro benzene ring substituents is 1. The zero-order valence-electron chi connectivity index (χ0n) is 15.9. The van der Waals surface area contributed by atoms with Crippen LogP contribution in [0.3, 0.4) is 0 Å². The highest BCUT2D eigenvalue weighted by molar-refractivity contribution is 7.89. The molecule has 0 saturated heterocycles. The maximum atomic E-state index is 13.3. The molecule has 0 radical (unpaired) electrons. The normalized spacial score (nSPS) is 11.2. The van der Waals surface area contributed by atoms with Crippen LogP contribution in [0.1, 0.15) is 12.2 Å². The van der Waals surface area contributed by atoms with Crippen molar-refractivity contribution in [3.63, 3.8) is 0 Å². The van der Waals surface area contributed by atoms with Gasteiger partial charge in [0.1, 0.15) is 5.82 Å². The van der Waals surface area contributed by atoms with E-state index >= 15 is 0 Å².